The van der Waals surface area contributed by atoms with Crippen molar-refractivity contribution in [1.29, 1.82) is 0 Å². The van der Waals surface area contributed by atoms with Gasteiger partial charge in [-0.3, -0.25) is 0 Å². The van der Waals surface area contributed by atoms with Gasteiger partial charge in [0.15, 0.2) is 0 Å². The maximum Gasteiger partial charge on any atom is 0.492 e. The summed E-state index contributed by atoms with van der Waals surface area (Å²) in [5, 5.41) is 21.0. The van der Waals surface area contributed by atoms with E-state index in [0.717, 1.165) is 21.9 Å². The molecule has 0 spiro atoms. The van der Waals surface area contributed by atoms with E-state index < -0.39 is 7.12 Å². The molecule has 0 aliphatic carbocycles. The van der Waals surface area contributed by atoms with Gasteiger partial charge < -0.3 is 14.5 Å². The third kappa shape index (κ3) is 1.93. The van der Waals surface area contributed by atoms with Crippen LogP contribution in [0.25, 0.3) is 21.9 Å². The molecule has 4 heteroatoms. The molecule has 3 aromatic rings. The Morgan fingerprint density at radius 2 is 1.79 bits per heavy atom. The lowest BCUT2D eigenvalue weighted by Gasteiger charge is -2.09. The maximum atomic E-state index is 9.55. The van der Waals surface area contributed by atoms with Crippen molar-refractivity contribution in [2.75, 3.05) is 0 Å². The SMILES string of the molecule is CC(C)c1cc(B(O)O)c2oc3ccccc3c2c1. The third-order valence-corrected chi connectivity index (χ3v) is 3.47. The Morgan fingerprint density at radius 1 is 1.05 bits per heavy atom. The molecule has 3 nitrogen and oxygen atoms in total. The fourth-order valence-corrected chi connectivity index (χ4v) is 2.40. The van der Waals surface area contributed by atoms with E-state index in [0.29, 0.717) is 17.0 Å². The summed E-state index contributed by atoms with van der Waals surface area (Å²) in [5.41, 5.74) is 2.82. The molecule has 1 heterocycles. The number of benzene rings is 2. The van der Waals surface area contributed by atoms with Gasteiger partial charge in [-0.25, -0.2) is 0 Å². The summed E-state index contributed by atoms with van der Waals surface area (Å²) in [7, 11) is -1.53. The van der Waals surface area contributed by atoms with Crippen LogP contribution in [-0.4, -0.2) is 17.2 Å². The normalized spacial score (nSPS) is 11.6. The topological polar surface area (TPSA) is 53.6 Å². The van der Waals surface area contributed by atoms with Crippen LogP contribution >= 0.6 is 0 Å². The molecule has 0 saturated heterocycles. The van der Waals surface area contributed by atoms with Crippen LogP contribution in [0, 0.1) is 0 Å². The van der Waals surface area contributed by atoms with E-state index in [1.165, 1.54) is 0 Å². The van der Waals surface area contributed by atoms with Gasteiger partial charge in [-0.2, -0.15) is 0 Å². The molecule has 96 valence electrons. The van der Waals surface area contributed by atoms with Crippen LogP contribution in [0.1, 0.15) is 25.3 Å². The van der Waals surface area contributed by atoms with Crippen molar-refractivity contribution >= 4 is 34.5 Å². The highest BCUT2D eigenvalue weighted by Gasteiger charge is 2.21. The largest absolute Gasteiger partial charge is 0.492 e. The Morgan fingerprint density at radius 3 is 2.47 bits per heavy atom. The second-order valence-electron chi connectivity index (χ2n) is 5.11. The first kappa shape index (κ1) is 12.3. The quantitative estimate of drug-likeness (QED) is 0.690. The zero-order chi connectivity index (χ0) is 13.6. The second kappa shape index (κ2) is 4.40. The number of fused-ring (bicyclic) bond motifs is 3. The van der Waals surface area contributed by atoms with Gasteiger partial charge in [-0.15, -0.1) is 0 Å². The van der Waals surface area contributed by atoms with Gasteiger partial charge in [0.25, 0.3) is 0 Å². The first-order valence-electron chi connectivity index (χ1n) is 6.39. The Hall–Kier alpha value is -1.78. The molecule has 0 fully saturated rings. The van der Waals surface area contributed by atoms with Crippen molar-refractivity contribution in [3.8, 4) is 0 Å². The van der Waals surface area contributed by atoms with Crippen LogP contribution in [0.2, 0.25) is 0 Å². The highest BCUT2D eigenvalue weighted by molar-refractivity contribution is 6.61. The maximum absolute atomic E-state index is 9.55. The Kier molecular flexibility index (Phi) is 2.84. The predicted octanol–water partition coefficient (Wildman–Crippen LogP) is 2.39. The van der Waals surface area contributed by atoms with Crippen molar-refractivity contribution in [3.05, 3.63) is 42.0 Å². The molecule has 0 radical (unpaired) electrons. The summed E-state index contributed by atoms with van der Waals surface area (Å²) in [5.74, 6) is 0.315. The van der Waals surface area contributed by atoms with Crippen molar-refractivity contribution in [2.45, 2.75) is 19.8 Å². The lowest BCUT2D eigenvalue weighted by Crippen LogP contribution is -2.30. The first-order valence-corrected chi connectivity index (χ1v) is 6.39. The Bertz CT molecular complexity index is 744. The minimum atomic E-state index is -1.53. The number of hydrogen-bond donors (Lipinski definition) is 2. The van der Waals surface area contributed by atoms with Crippen molar-refractivity contribution in [1.82, 2.24) is 0 Å². The monoisotopic (exact) mass is 254 g/mol. The van der Waals surface area contributed by atoms with Crippen LogP contribution in [0.4, 0.5) is 0 Å². The molecule has 0 saturated carbocycles. The Balaban J connectivity index is 2.45. The number of para-hydroxylation sites is 1. The average Bonchev–Trinajstić information content (AvgIpc) is 2.75. The smallest absolute Gasteiger partial charge is 0.456 e. The minimum Gasteiger partial charge on any atom is -0.456 e. The predicted molar refractivity (Wildman–Crippen MR) is 77.6 cm³/mol. The summed E-state index contributed by atoms with van der Waals surface area (Å²) in [6.07, 6.45) is 0. The summed E-state index contributed by atoms with van der Waals surface area (Å²) >= 11 is 0. The summed E-state index contributed by atoms with van der Waals surface area (Å²) in [6, 6.07) is 11.6. The van der Waals surface area contributed by atoms with Gasteiger partial charge in [0.1, 0.15) is 11.2 Å². The minimum absolute atomic E-state index is 0.315. The van der Waals surface area contributed by atoms with E-state index in [9.17, 15) is 10.0 Å². The number of hydrogen-bond acceptors (Lipinski definition) is 3. The highest BCUT2D eigenvalue weighted by atomic mass is 16.4. The van der Waals surface area contributed by atoms with Crippen LogP contribution in [0.3, 0.4) is 0 Å². The molecule has 0 aliphatic rings. The average molecular weight is 254 g/mol. The standard InChI is InChI=1S/C15H15BO3/c1-9(2)10-7-12-11-5-3-4-6-14(11)19-15(12)13(8-10)16(17)18/h3-9,17-18H,1-2H3. The molecular formula is C15H15BO3. The molecule has 19 heavy (non-hydrogen) atoms. The van der Waals surface area contributed by atoms with E-state index >= 15 is 0 Å². The lowest BCUT2D eigenvalue weighted by molar-refractivity contribution is 0.425. The van der Waals surface area contributed by atoms with Gasteiger partial charge in [-0.05, 0) is 23.6 Å². The molecule has 0 atom stereocenters. The molecular weight excluding hydrogens is 239 g/mol. The zero-order valence-corrected chi connectivity index (χ0v) is 10.9. The second-order valence-corrected chi connectivity index (χ2v) is 5.11. The van der Waals surface area contributed by atoms with Gasteiger partial charge in [0.05, 0.1) is 0 Å². The van der Waals surface area contributed by atoms with E-state index in [2.05, 4.69) is 19.9 Å². The molecule has 3 rings (SSSR count). The molecule has 2 N–H and O–H groups in total. The molecule has 0 unspecified atom stereocenters. The lowest BCUT2D eigenvalue weighted by atomic mass is 9.77. The van der Waals surface area contributed by atoms with Crippen LogP contribution < -0.4 is 5.46 Å². The van der Waals surface area contributed by atoms with Gasteiger partial charge in [-0.1, -0.05) is 38.1 Å². The van der Waals surface area contributed by atoms with Crippen molar-refractivity contribution in [3.63, 3.8) is 0 Å². The molecule has 0 bridgehead atoms. The first-order chi connectivity index (χ1) is 9.08. The van der Waals surface area contributed by atoms with Crippen LogP contribution in [-0.2, 0) is 0 Å². The number of furan rings is 1. The van der Waals surface area contributed by atoms with Gasteiger partial charge in [0, 0.05) is 16.2 Å². The summed E-state index contributed by atoms with van der Waals surface area (Å²) < 4.78 is 5.76. The third-order valence-electron chi connectivity index (χ3n) is 3.47. The summed E-state index contributed by atoms with van der Waals surface area (Å²) in [6.45, 7) is 4.16. The molecule has 2 aromatic carbocycles. The van der Waals surface area contributed by atoms with E-state index in [1.807, 2.05) is 24.3 Å². The fourth-order valence-electron chi connectivity index (χ4n) is 2.40. The zero-order valence-electron chi connectivity index (χ0n) is 10.9. The van der Waals surface area contributed by atoms with Crippen molar-refractivity contribution < 1.29 is 14.5 Å². The molecule has 0 aliphatic heterocycles. The van der Waals surface area contributed by atoms with E-state index in [4.69, 9.17) is 4.42 Å². The van der Waals surface area contributed by atoms with Crippen LogP contribution in [0.15, 0.2) is 40.8 Å². The Labute approximate surface area is 111 Å². The highest BCUT2D eigenvalue weighted by Crippen LogP contribution is 2.30. The summed E-state index contributed by atoms with van der Waals surface area (Å²) in [4.78, 5) is 0. The molecule has 1 aromatic heterocycles. The van der Waals surface area contributed by atoms with E-state index in [-0.39, 0.29) is 0 Å². The fraction of sp³-hybridized carbons (Fsp3) is 0.200. The number of rotatable bonds is 2. The van der Waals surface area contributed by atoms with Crippen molar-refractivity contribution in [2.24, 2.45) is 0 Å². The van der Waals surface area contributed by atoms with Gasteiger partial charge >= 0.3 is 7.12 Å². The van der Waals surface area contributed by atoms with Gasteiger partial charge in [0.2, 0.25) is 0 Å². The van der Waals surface area contributed by atoms with Crippen LogP contribution in [0.5, 0.6) is 0 Å². The molecule has 0 amide bonds. The van der Waals surface area contributed by atoms with E-state index in [1.54, 1.807) is 6.07 Å².